The van der Waals surface area contributed by atoms with Crippen LogP contribution in [0.2, 0.25) is 0 Å². The number of aliphatic hydroxyl groups excluding tert-OH is 1. The number of phosphoric acid groups is 1. The first-order valence-corrected chi connectivity index (χ1v) is 26.3. The normalized spacial score (nSPS) is 14.5. The number of carbonyl (C=O) groups excluding carboxylic acids is 1. The van der Waals surface area contributed by atoms with E-state index in [1.807, 2.05) is 27.2 Å². The van der Waals surface area contributed by atoms with Crippen LogP contribution in [-0.2, 0) is 18.4 Å². The van der Waals surface area contributed by atoms with Crippen molar-refractivity contribution in [3.05, 3.63) is 36.5 Å². The maximum absolute atomic E-state index is 12.9. The van der Waals surface area contributed by atoms with Gasteiger partial charge in [-0.05, 0) is 51.4 Å². The van der Waals surface area contributed by atoms with Crippen LogP contribution in [0.4, 0.5) is 0 Å². The van der Waals surface area contributed by atoms with Crippen molar-refractivity contribution < 1.29 is 32.9 Å². The number of likely N-dealkylation sites (N-methyl/N-ethyl adjacent to an activating group) is 1. The zero-order valence-electron chi connectivity index (χ0n) is 39.5. The predicted octanol–water partition coefficient (Wildman–Crippen LogP) is 13.6. The van der Waals surface area contributed by atoms with Gasteiger partial charge in [-0.3, -0.25) is 9.36 Å². The summed E-state index contributed by atoms with van der Waals surface area (Å²) in [6.07, 6.45) is 51.9. The van der Waals surface area contributed by atoms with Gasteiger partial charge in [-0.25, -0.2) is 0 Å². The second kappa shape index (κ2) is 42.0. The van der Waals surface area contributed by atoms with Crippen LogP contribution in [0, 0.1) is 0 Å². The van der Waals surface area contributed by atoms with Crippen LogP contribution >= 0.6 is 7.82 Å². The molecule has 0 aliphatic heterocycles. The molecule has 0 fully saturated rings. The van der Waals surface area contributed by atoms with Crippen LogP contribution in [0.15, 0.2) is 36.5 Å². The molecule has 0 aliphatic rings. The smallest absolute Gasteiger partial charge is 0.268 e. The first kappa shape index (κ1) is 57.7. The fourth-order valence-electron chi connectivity index (χ4n) is 7.12. The van der Waals surface area contributed by atoms with E-state index in [9.17, 15) is 19.4 Å². The van der Waals surface area contributed by atoms with Crippen LogP contribution in [-0.4, -0.2) is 68.5 Å². The Morgan fingerprint density at radius 1 is 0.593 bits per heavy atom. The number of rotatable bonds is 45. The van der Waals surface area contributed by atoms with Gasteiger partial charge in [0, 0.05) is 6.42 Å². The van der Waals surface area contributed by atoms with E-state index in [1.54, 1.807) is 6.08 Å². The lowest BCUT2D eigenvalue weighted by molar-refractivity contribution is -0.870. The number of unbranched alkanes of at least 4 members (excludes halogenated alkanes) is 28. The maximum Gasteiger partial charge on any atom is 0.268 e. The molecule has 1 amide bonds. The summed E-state index contributed by atoms with van der Waals surface area (Å²) in [4.78, 5) is 25.4. The molecule has 0 aromatic heterocycles. The quantitative estimate of drug-likeness (QED) is 0.0273. The van der Waals surface area contributed by atoms with E-state index >= 15 is 0 Å². The van der Waals surface area contributed by atoms with E-state index in [2.05, 4.69) is 43.5 Å². The van der Waals surface area contributed by atoms with Gasteiger partial charge in [-0.2, -0.15) is 0 Å². The number of allylic oxidation sites excluding steroid dienone is 5. The summed E-state index contributed by atoms with van der Waals surface area (Å²) in [6, 6.07) is -0.889. The molecule has 348 valence electrons. The van der Waals surface area contributed by atoms with Crippen molar-refractivity contribution in [3.8, 4) is 0 Å². The average Bonchev–Trinajstić information content (AvgIpc) is 3.19. The zero-order chi connectivity index (χ0) is 43.6. The topological polar surface area (TPSA) is 108 Å². The Kier molecular flexibility index (Phi) is 41.1. The van der Waals surface area contributed by atoms with E-state index in [-0.39, 0.29) is 19.1 Å². The molecule has 0 bridgehead atoms. The SMILES string of the molecule is CCCCCCCCCCC/C=C\C/C=C\CCCCCCCCCC(=O)NC(COP(=O)([O-])OCC[N+](C)(C)C)C(O)/C=C/CCCCCCCCCCCCCC. The van der Waals surface area contributed by atoms with Gasteiger partial charge >= 0.3 is 0 Å². The second-order valence-corrected chi connectivity index (χ2v) is 19.6. The number of carbonyl (C=O) groups is 1. The third-order valence-electron chi connectivity index (χ3n) is 11.1. The van der Waals surface area contributed by atoms with Gasteiger partial charge in [-0.15, -0.1) is 0 Å². The van der Waals surface area contributed by atoms with Gasteiger partial charge in [0.05, 0.1) is 39.9 Å². The van der Waals surface area contributed by atoms with Gasteiger partial charge < -0.3 is 28.8 Å². The molecule has 0 heterocycles. The monoisotopic (exact) mass is 853 g/mol. The Labute approximate surface area is 366 Å². The molecule has 0 spiro atoms. The zero-order valence-corrected chi connectivity index (χ0v) is 40.4. The van der Waals surface area contributed by atoms with Crippen LogP contribution in [0.1, 0.15) is 226 Å². The lowest BCUT2D eigenvalue weighted by atomic mass is 10.0. The van der Waals surface area contributed by atoms with Crippen LogP contribution in [0.25, 0.3) is 0 Å². The van der Waals surface area contributed by atoms with E-state index in [1.165, 1.54) is 154 Å². The summed E-state index contributed by atoms with van der Waals surface area (Å²) in [7, 11) is 1.26. The third kappa shape index (κ3) is 44.6. The maximum atomic E-state index is 12.9. The lowest BCUT2D eigenvalue weighted by Gasteiger charge is -2.29. The molecule has 0 radical (unpaired) electrons. The van der Waals surface area contributed by atoms with Gasteiger partial charge in [0.15, 0.2) is 0 Å². The summed E-state index contributed by atoms with van der Waals surface area (Å²) in [5.74, 6) is -0.205. The highest BCUT2D eigenvalue weighted by Crippen LogP contribution is 2.38. The third-order valence-corrected chi connectivity index (χ3v) is 12.1. The Morgan fingerprint density at radius 2 is 0.983 bits per heavy atom. The molecule has 9 heteroatoms. The van der Waals surface area contributed by atoms with Crippen molar-refractivity contribution in [2.45, 2.75) is 238 Å². The van der Waals surface area contributed by atoms with Crippen LogP contribution in [0.5, 0.6) is 0 Å². The molecule has 0 saturated heterocycles. The van der Waals surface area contributed by atoms with E-state index in [0.717, 1.165) is 51.4 Å². The predicted molar refractivity (Wildman–Crippen MR) is 251 cm³/mol. The minimum absolute atomic E-state index is 0.00277. The van der Waals surface area contributed by atoms with Crippen molar-refractivity contribution in [2.75, 3.05) is 40.9 Å². The van der Waals surface area contributed by atoms with Gasteiger partial charge in [0.2, 0.25) is 5.91 Å². The molecule has 0 aromatic carbocycles. The molecule has 59 heavy (non-hydrogen) atoms. The number of nitrogens with one attached hydrogen (secondary N) is 1. The molecule has 2 N–H and O–H groups in total. The highest BCUT2D eigenvalue weighted by Gasteiger charge is 2.23. The van der Waals surface area contributed by atoms with Crippen molar-refractivity contribution >= 4 is 13.7 Å². The van der Waals surface area contributed by atoms with E-state index in [0.29, 0.717) is 17.4 Å². The minimum Gasteiger partial charge on any atom is -0.756 e. The van der Waals surface area contributed by atoms with Crippen molar-refractivity contribution in [1.29, 1.82) is 0 Å². The van der Waals surface area contributed by atoms with Crippen LogP contribution in [0.3, 0.4) is 0 Å². The fourth-order valence-corrected chi connectivity index (χ4v) is 7.85. The first-order chi connectivity index (χ1) is 28.5. The standard InChI is InChI=1S/C50H97N2O6P/c1-6-8-10-12-14-16-18-20-22-23-24-25-26-27-28-29-30-32-34-36-38-40-42-44-50(54)51-48(47-58-59(55,56)57-46-45-52(3,4)5)49(53)43-41-39-37-35-33-31-21-19-17-15-13-11-9-7-2/h24-25,27-28,41,43,48-49,53H,6-23,26,29-40,42,44-47H2,1-5H3,(H-,51,54,55,56)/b25-24-,28-27-,43-41+. The van der Waals surface area contributed by atoms with Gasteiger partial charge in [0.1, 0.15) is 13.2 Å². The number of amides is 1. The van der Waals surface area contributed by atoms with Crippen molar-refractivity contribution in [1.82, 2.24) is 5.32 Å². The molecule has 0 rings (SSSR count). The summed E-state index contributed by atoms with van der Waals surface area (Å²) in [5, 5.41) is 13.8. The molecular weight excluding hydrogens is 756 g/mol. The van der Waals surface area contributed by atoms with Crippen molar-refractivity contribution in [3.63, 3.8) is 0 Å². The molecule has 0 aromatic rings. The molecule has 3 atom stereocenters. The van der Waals surface area contributed by atoms with E-state index < -0.39 is 20.0 Å². The summed E-state index contributed by atoms with van der Waals surface area (Å²) >= 11 is 0. The molecular formula is C50H97N2O6P. The number of quaternary nitrogens is 1. The molecule has 8 nitrogen and oxygen atoms in total. The number of aliphatic hydroxyl groups is 1. The van der Waals surface area contributed by atoms with E-state index in [4.69, 9.17) is 9.05 Å². The lowest BCUT2D eigenvalue weighted by Crippen LogP contribution is -2.45. The van der Waals surface area contributed by atoms with Crippen LogP contribution < -0.4 is 10.2 Å². The largest absolute Gasteiger partial charge is 0.756 e. The average molecular weight is 853 g/mol. The highest BCUT2D eigenvalue weighted by molar-refractivity contribution is 7.45. The Hall–Kier alpha value is -1.28. The Balaban J connectivity index is 4.30. The summed E-state index contributed by atoms with van der Waals surface area (Å²) in [6.45, 7) is 4.65. The number of hydrogen-bond acceptors (Lipinski definition) is 6. The summed E-state index contributed by atoms with van der Waals surface area (Å²) in [5.41, 5.74) is 0. The molecule has 0 saturated carbocycles. The van der Waals surface area contributed by atoms with Gasteiger partial charge in [0.25, 0.3) is 7.82 Å². The molecule has 0 aliphatic carbocycles. The number of phosphoric ester groups is 1. The Morgan fingerprint density at radius 3 is 1.41 bits per heavy atom. The number of hydrogen-bond donors (Lipinski definition) is 2. The first-order valence-electron chi connectivity index (χ1n) is 24.9. The highest BCUT2D eigenvalue weighted by atomic mass is 31.2. The van der Waals surface area contributed by atoms with Crippen molar-refractivity contribution in [2.24, 2.45) is 0 Å². The minimum atomic E-state index is -4.59. The fraction of sp³-hybridized carbons (Fsp3) is 0.860. The number of nitrogens with zero attached hydrogens (tertiary/aromatic N) is 1. The molecule has 3 unspecified atom stereocenters. The Bertz CT molecular complexity index is 1060. The summed E-state index contributed by atoms with van der Waals surface area (Å²) < 4.78 is 23.2. The van der Waals surface area contributed by atoms with Gasteiger partial charge in [-0.1, -0.05) is 204 Å². The second-order valence-electron chi connectivity index (χ2n) is 18.2.